The smallest absolute Gasteiger partial charge is 0.251 e. The largest absolute Gasteiger partial charge is 0.440 e. The average molecular weight is 397 g/mol. The first-order valence-corrected chi connectivity index (χ1v) is 9.92. The Morgan fingerprint density at radius 2 is 2.04 bits per heavy atom. The molecule has 0 saturated heterocycles. The highest BCUT2D eigenvalue weighted by Gasteiger charge is 2.54. The number of benzene rings is 1. The van der Waals surface area contributed by atoms with Crippen LogP contribution in [0.25, 0.3) is 11.1 Å². The summed E-state index contributed by atoms with van der Waals surface area (Å²) in [5, 5.41) is 6.77. The molecule has 2 N–H and O–H groups in total. The molecule has 28 heavy (non-hydrogen) atoms. The third-order valence-corrected chi connectivity index (χ3v) is 6.28. The lowest BCUT2D eigenvalue weighted by molar-refractivity contribution is -0.0253. The van der Waals surface area contributed by atoms with Crippen molar-refractivity contribution in [3.8, 4) is 0 Å². The monoisotopic (exact) mass is 396 g/mol. The highest BCUT2D eigenvalue weighted by Crippen LogP contribution is 2.61. The van der Waals surface area contributed by atoms with E-state index in [-0.39, 0.29) is 11.9 Å². The minimum absolute atomic E-state index is 0.0366. The van der Waals surface area contributed by atoms with Gasteiger partial charge in [0, 0.05) is 35.8 Å². The molecular weight excluding hydrogens is 376 g/mol. The van der Waals surface area contributed by atoms with E-state index in [1.54, 1.807) is 25.4 Å². The van der Waals surface area contributed by atoms with Gasteiger partial charge in [0.1, 0.15) is 11.3 Å². The van der Waals surface area contributed by atoms with Crippen LogP contribution in [0, 0.1) is 5.41 Å². The van der Waals surface area contributed by atoms with Crippen molar-refractivity contribution in [2.75, 3.05) is 12.4 Å². The summed E-state index contributed by atoms with van der Waals surface area (Å²) in [7, 11) is 1.79. The number of rotatable bonds is 4. The first-order valence-electron chi connectivity index (χ1n) is 9.54. The predicted octanol–water partition coefficient (Wildman–Crippen LogP) is 4.37. The Morgan fingerprint density at radius 3 is 2.82 bits per heavy atom. The fourth-order valence-electron chi connectivity index (χ4n) is 4.65. The van der Waals surface area contributed by atoms with Crippen molar-refractivity contribution >= 4 is 34.4 Å². The summed E-state index contributed by atoms with van der Waals surface area (Å²) >= 11 is 6.03. The summed E-state index contributed by atoms with van der Waals surface area (Å²) in [6.45, 7) is 0. The van der Waals surface area contributed by atoms with Crippen LogP contribution in [0.15, 0.2) is 40.9 Å². The first kappa shape index (κ1) is 17.5. The molecule has 2 aliphatic carbocycles. The lowest BCUT2D eigenvalue weighted by Gasteiger charge is -2.57. The Bertz CT molecular complexity index is 1050. The number of anilines is 1. The van der Waals surface area contributed by atoms with Gasteiger partial charge in [-0.25, -0.2) is 9.97 Å². The van der Waals surface area contributed by atoms with E-state index in [0.717, 1.165) is 42.7 Å². The molecule has 2 heterocycles. The Kier molecular flexibility index (Phi) is 4.05. The zero-order chi connectivity index (χ0) is 19.3. The maximum atomic E-state index is 12.4. The topological polar surface area (TPSA) is 80.0 Å². The number of nitrogens with one attached hydrogen (secondary N) is 2. The quantitative estimate of drug-likeness (QED) is 0.684. The molecule has 3 aromatic rings. The van der Waals surface area contributed by atoms with Gasteiger partial charge in [0.15, 0.2) is 11.5 Å². The molecule has 0 bridgehead atoms. The molecule has 2 aromatic heterocycles. The number of fused-ring (bicyclic) bond motifs is 1. The second-order valence-corrected chi connectivity index (χ2v) is 8.46. The van der Waals surface area contributed by atoms with E-state index in [1.165, 1.54) is 0 Å². The van der Waals surface area contributed by atoms with Crippen molar-refractivity contribution in [1.29, 1.82) is 0 Å². The molecular formula is C21H21ClN4O2. The molecule has 1 spiro atoms. The van der Waals surface area contributed by atoms with Crippen molar-refractivity contribution in [3.05, 3.63) is 53.0 Å². The van der Waals surface area contributed by atoms with Crippen LogP contribution in [0.2, 0.25) is 5.02 Å². The van der Waals surface area contributed by atoms with Crippen molar-refractivity contribution in [2.24, 2.45) is 5.41 Å². The number of hydrogen-bond acceptors (Lipinski definition) is 5. The van der Waals surface area contributed by atoms with Crippen LogP contribution in [0.4, 0.5) is 5.82 Å². The number of nitrogens with zero attached hydrogens (tertiary/aromatic N) is 2. The molecule has 7 heteroatoms. The number of carbonyl (C=O) groups is 1. The van der Waals surface area contributed by atoms with E-state index >= 15 is 0 Å². The Balaban J connectivity index is 1.17. The summed E-state index contributed by atoms with van der Waals surface area (Å²) in [4.78, 5) is 21.2. The zero-order valence-corrected chi connectivity index (χ0v) is 16.3. The van der Waals surface area contributed by atoms with Crippen LogP contribution in [0.5, 0.6) is 0 Å². The SMILES string of the molecule is CNc1cc(C(=O)NC2CC3(C2)CC(c2nc4cc(Cl)ccc4o2)C3)ccn1. The van der Waals surface area contributed by atoms with Gasteiger partial charge in [-0.15, -0.1) is 0 Å². The number of carbonyl (C=O) groups excluding carboxylic acids is 1. The lowest BCUT2D eigenvalue weighted by atomic mass is 9.50. The van der Waals surface area contributed by atoms with E-state index in [0.29, 0.717) is 27.7 Å². The zero-order valence-electron chi connectivity index (χ0n) is 15.5. The molecule has 1 amide bonds. The third-order valence-electron chi connectivity index (χ3n) is 6.05. The number of hydrogen-bond donors (Lipinski definition) is 2. The van der Waals surface area contributed by atoms with Gasteiger partial charge in [0.2, 0.25) is 0 Å². The van der Waals surface area contributed by atoms with E-state index < -0.39 is 0 Å². The first-order chi connectivity index (χ1) is 13.5. The highest BCUT2D eigenvalue weighted by molar-refractivity contribution is 6.31. The van der Waals surface area contributed by atoms with Crippen LogP contribution in [0.1, 0.15) is 47.8 Å². The van der Waals surface area contributed by atoms with Crippen LogP contribution in [-0.2, 0) is 0 Å². The summed E-state index contributed by atoms with van der Waals surface area (Å²) in [6, 6.07) is 9.28. The molecule has 5 rings (SSSR count). The van der Waals surface area contributed by atoms with E-state index in [2.05, 4.69) is 20.6 Å². The number of amides is 1. The molecule has 0 atom stereocenters. The minimum atomic E-state index is -0.0366. The summed E-state index contributed by atoms with van der Waals surface area (Å²) in [5.41, 5.74) is 2.57. The normalized spacial score (nSPS) is 25.9. The summed E-state index contributed by atoms with van der Waals surface area (Å²) in [6.07, 6.45) is 5.82. The predicted molar refractivity (Wildman–Crippen MR) is 108 cm³/mol. The molecule has 0 unspecified atom stereocenters. The average Bonchev–Trinajstić information content (AvgIpc) is 3.04. The summed E-state index contributed by atoms with van der Waals surface area (Å²) in [5.74, 6) is 1.83. The molecule has 0 aliphatic heterocycles. The molecule has 2 saturated carbocycles. The van der Waals surface area contributed by atoms with Gasteiger partial charge in [-0.1, -0.05) is 11.6 Å². The Labute approximate surface area is 167 Å². The second kappa shape index (κ2) is 6.48. The van der Waals surface area contributed by atoms with Crippen molar-refractivity contribution in [3.63, 3.8) is 0 Å². The van der Waals surface area contributed by atoms with Crippen LogP contribution in [0.3, 0.4) is 0 Å². The van der Waals surface area contributed by atoms with Gasteiger partial charge in [-0.05, 0) is 61.4 Å². The van der Waals surface area contributed by atoms with Gasteiger partial charge in [0.25, 0.3) is 5.91 Å². The van der Waals surface area contributed by atoms with Gasteiger partial charge in [0.05, 0.1) is 0 Å². The van der Waals surface area contributed by atoms with Crippen molar-refractivity contribution < 1.29 is 9.21 Å². The van der Waals surface area contributed by atoms with Gasteiger partial charge in [-0.2, -0.15) is 0 Å². The number of halogens is 1. The standard InChI is InChI=1S/C21H21ClN4O2/c1-23-18-6-12(4-5-24-18)19(27)25-15-10-21(11-15)8-13(9-21)20-26-16-7-14(22)2-3-17(16)28-20/h2-7,13,15H,8-11H2,1H3,(H,23,24)(H,25,27). The van der Waals surface area contributed by atoms with E-state index in [4.69, 9.17) is 16.0 Å². The molecule has 2 aliphatic rings. The maximum Gasteiger partial charge on any atom is 0.251 e. The third kappa shape index (κ3) is 3.02. The second-order valence-electron chi connectivity index (χ2n) is 8.03. The fraction of sp³-hybridized carbons (Fsp3) is 0.381. The fourth-order valence-corrected chi connectivity index (χ4v) is 4.82. The Hall–Kier alpha value is -2.60. The van der Waals surface area contributed by atoms with E-state index in [9.17, 15) is 4.79 Å². The molecule has 0 radical (unpaired) electrons. The highest BCUT2D eigenvalue weighted by atomic mass is 35.5. The maximum absolute atomic E-state index is 12.4. The van der Waals surface area contributed by atoms with E-state index in [1.807, 2.05) is 18.2 Å². The van der Waals surface area contributed by atoms with Crippen molar-refractivity contribution in [1.82, 2.24) is 15.3 Å². The molecule has 2 fully saturated rings. The van der Waals surface area contributed by atoms with Crippen LogP contribution < -0.4 is 10.6 Å². The number of aromatic nitrogens is 2. The van der Waals surface area contributed by atoms with Gasteiger partial charge >= 0.3 is 0 Å². The number of pyridine rings is 1. The summed E-state index contributed by atoms with van der Waals surface area (Å²) < 4.78 is 5.91. The van der Waals surface area contributed by atoms with Gasteiger partial charge < -0.3 is 15.1 Å². The minimum Gasteiger partial charge on any atom is -0.440 e. The Morgan fingerprint density at radius 1 is 1.21 bits per heavy atom. The van der Waals surface area contributed by atoms with Gasteiger partial charge in [-0.3, -0.25) is 4.79 Å². The van der Waals surface area contributed by atoms with Crippen LogP contribution >= 0.6 is 11.6 Å². The number of oxazole rings is 1. The lowest BCUT2D eigenvalue weighted by Crippen LogP contribution is -2.55. The molecule has 144 valence electrons. The molecule has 6 nitrogen and oxygen atoms in total. The van der Waals surface area contributed by atoms with Crippen LogP contribution in [-0.4, -0.2) is 29.0 Å². The molecule has 1 aromatic carbocycles. The van der Waals surface area contributed by atoms with Crippen molar-refractivity contribution in [2.45, 2.75) is 37.6 Å².